The molecule has 0 aromatic heterocycles. The molecule has 2 aromatic carbocycles. The first-order valence-electron chi connectivity index (χ1n) is 6.80. The number of nitrogens with zero attached hydrogens (tertiary/aromatic N) is 1. The second-order valence-electron chi connectivity index (χ2n) is 4.61. The van der Waals surface area contributed by atoms with Gasteiger partial charge in [0.25, 0.3) is 5.69 Å². The SMILES string of the molecule is [NH3+]CCNc1ccc([N+](=O)[O-])c(NCc2ccccc2)c1. The lowest BCUT2D eigenvalue weighted by Gasteiger charge is -2.10. The van der Waals surface area contributed by atoms with Gasteiger partial charge in [-0.1, -0.05) is 30.3 Å². The van der Waals surface area contributed by atoms with Crippen molar-refractivity contribution in [3.8, 4) is 0 Å². The third-order valence-electron chi connectivity index (χ3n) is 3.02. The summed E-state index contributed by atoms with van der Waals surface area (Å²) in [7, 11) is 0. The van der Waals surface area contributed by atoms with Crippen LogP contribution in [0.1, 0.15) is 5.56 Å². The normalized spacial score (nSPS) is 10.1. The molecule has 0 radical (unpaired) electrons. The van der Waals surface area contributed by atoms with E-state index >= 15 is 0 Å². The predicted octanol–water partition coefficient (Wildman–Crippen LogP) is 1.86. The third-order valence-corrected chi connectivity index (χ3v) is 3.02. The fourth-order valence-electron chi connectivity index (χ4n) is 1.97. The maximum atomic E-state index is 11.1. The average Bonchev–Trinajstić information content (AvgIpc) is 2.51. The van der Waals surface area contributed by atoms with E-state index in [2.05, 4.69) is 16.4 Å². The molecule has 6 nitrogen and oxygen atoms in total. The number of anilines is 2. The minimum absolute atomic E-state index is 0.0751. The van der Waals surface area contributed by atoms with Crippen molar-refractivity contribution < 1.29 is 10.7 Å². The minimum Gasteiger partial charge on any atom is -0.379 e. The minimum atomic E-state index is -0.377. The Balaban J connectivity index is 2.16. The molecule has 5 N–H and O–H groups in total. The van der Waals surface area contributed by atoms with E-state index in [1.165, 1.54) is 6.07 Å². The molecule has 0 heterocycles. The molecule has 0 aliphatic heterocycles. The average molecular weight is 287 g/mol. The van der Waals surface area contributed by atoms with E-state index in [0.717, 1.165) is 24.3 Å². The van der Waals surface area contributed by atoms with Gasteiger partial charge in [-0.2, -0.15) is 0 Å². The first-order chi connectivity index (χ1) is 10.2. The summed E-state index contributed by atoms with van der Waals surface area (Å²) in [4.78, 5) is 10.7. The maximum absolute atomic E-state index is 11.1. The molecule has 0 saturated carbocycles. The van der Waals surface area contributed by atoms with Crippen molar-refractivity contribution in [1.29, 1.82) is 0 Å². The number of rotatable bonds is 7. The number of hydrogen-bond acceptors (Lipinski definition) is 4. The molecule has 0 aliphatic rings. The van der Waals surface area contributed by atoms with Gasteiger partial charge in [0, 0.05) is 18.3 Å². The fourth-order valence-corrected chi connectivity index (χ4v) is 1.97. The van der Waals surface area contributed by atoms with Gasteiger partial charge in [-0.15, -0.1) is 0 Å². The Labute approximate surface area is 123 Å². The van der Waals surface area contributed by atoms with Crippen molar-refractivity contribution in [2.24, 2.45) is 0 Å². The summed E-state index contributed by atoms with van der Waals surface area (Å²) in [5, 5.41) is 17.4. The Hall–Kier alpha value is -2.60. The van der Waals surface area contributed by atoms with E-state index in [0.29, 0.717) is 12.2 Å². The highest BCUT2D eigenvalue weighted by atomic mass is 16.6. The molecule has 2 aromatic rings. The Morgan fingerprint density at radius 2 is 1.86 bits per heavy atom. The third kappa shape index (κ3) is 4.19. The summed E-state index contributed by atoms with van der Waals surface area (Å²) in [6.45, 7) is 2.03. The molecule has 0 bridgehead atoms. The number of nitro benzene ring substituents is 1. The van der Waals surface area contributed by atoms with Crippen molar-refractivity contribution in [2.75, 3.05) is 23.7 Å². The molecular formula is C15H19N4O2+. The second kappa shape index (κ2) is 7.25. The van der Waals surface area contributed by atoms with Crippen molar-refractivity contribution in [3.05, 3.63) is 64.2 Å². The molecule has 0 spiro atoms. The number of benzene rings is 2. The fraction of sp³-hybridized carbons (Fsp3) is 0.200. The Kier molecular flexibility index (Phi) is 5.11. The van der Waals surface area contributed by atoms with Crippen LogP contribution in [-0.4, -0.2) is 18.0 Å². The van der Waals surface area contributed by atoms with Gasteiger partial charge in [-0.05, 0) is 17.7 Å². The van der Waals surface area contributed by atoms with Crippen LogP contribution in [0.3, 0.4) is 0 Å². The molecule has 0 aliphatic carbocycles. The molecule has 110 valence electrons. The van der Waals surface area contributed by atoms with Gasteiger partial charge in [-0.25, -0.2) is 0 Å². The zero-order valence-electron chi connectivity index (χ0n) is 11.7. The molecule has 0 atom stereocenters. The molecule has 21 heavy (non-hydrogen) atoms. The van der Waals surface area contributed by atoms with Crippen molar-refractivity contribution in [1.82, 2.24) is 0 Å². The van der Waals surface area contributed by atoms with E-state index in [4.69, 9.17) is 0 Å². The van der Waals surface area contributed by atoms with Crippen LogP contribution in [0.25, 0.3) is 0 Å². The number of nitrogens with one attached hydrogen (secondary N) is 2. The van der Waals surface area contributed by atoms with Gasteiger partial charge in [0.1, 0.15) is 5.69 Å². The molecule has 0 amide bonds. The summed E-state index contributed by atoms with van der Waals surface area (Å²) in [5.74, 6) is 0. The van der Waals surface area contributed by atoms with Gasteiger partial charge in [0.15, 0.2) is 0 Å². The molecule has 0 fully saturated rings. The van der Waals surface area contributed by atoms with E-state index in [1.54, 1.807) is 12.1 Å². The van der Waals surface area contributed by atoms with Gasteiger partial charge < -0.3 is 16.4 Å². The lowest BCUT2D eigenvalue weighted by atomic mass is 10.2. The van der Waals surface area contributed by atoms with Crippen molar-refractivity contribution in [3.63, 3.8) is 0 Å². The van der Waals surface area contributed by atoms with E-state index in [1.807, 2.05) is 30.3 Å². The largest absolute Gasteiger partial charge is 0.379 e. The smallest absolute Gasteiger partial charge is 0.292 e. The maximum Gasteiger partial charge on any atom is 0.292 e. The molecule has 6 heteroatoms. The van der Waals surface area contributed by atoms with E-state index in [-0.39, 0.29) is 10.6 Å². The first-order valence-corrected chi connectivity index (χ1v) is 6.80. The molecule has 0 saturated heterocycles. The highest BCUT2D eigenvalue weighted by molar-refractivity contribution is 5.68. The molecule has 0 unspecified atom stereocenters. The van der Waals surface area contributed by atoms with Gasteiger partial charge >= 0.3 is 0 Å². The molecular weight excluding hydrogens is 268 g/mol. The van der Waals surface area contributed by atoms with Crippen LogP contribution in [0.2, 0.25) is 0 Å². The van der Waals surface area contributed by atoms with Crippen LogP contribution >= 0.6 is 0 Å². The quantitative estimate of drug-likeness (QED) is 0.535. The van der Waals surface area contributed by atoms with Crippen molar-refractivity contribution >= 4 is 17.1 Å². The summed E-state index contributed by atoms with van der Waals surface area (Å²) in [6.07, 6.45) is 0. The highest BCUT2D eigenvalue weighted by Gasteiger charge is 2.13. The number of hydrogen-bond donors (Lipinski definition) is 3. The van der Waals surface area contributed by atoms with Crippen molar-refractivity contribution in [2.45, 2.75) is 6.54 Å². The summed E-state index contributed by atoms with van der Waals surface area (Å²) in [6, 6.07) is 14.8. The Morgan fingerprint density at radius 1 is 1.10 bits per heavy atom. The first kappa shape index (κ1) is 14.8. The summed E-state index contributed by atoms with van der Waals surface area (Å²) in [5.41, 5.74) is 6.26. The number of nitro groups is 1. The van der Waals surface area contributed by atoms with Crippen LogP contribution < -0.4 is 16.4 Å². The number of quaternary nitrogens is 1. The van der Waals surface area contributed by atoms with Crippen LogP contribution in [0.5, 0.6) is 0 Å². The van der Waals surface area contributed by atoms with Gasteiger partial charge in [-0.3, -0.25) is 10.1 Å². The standard InChI is InChI=1S/C15H18N4O2/c16-8-9-17-13-6-7-15(19(20)21)14(10-13)18-11-12-4-2-1-3-5-12/h1-7,10,17-18H,8-9,11,16H2/p+1. The van der Waals surface area contributed by atoms with Crippen LogP contribution in [0.15, 0.2) is 48.5 Å². The predicted molar refractivity (Wildman–Crippen MR) is 83.1 cm³/mol. The van der Waals surface area contributed by atoms with Crippen LogP contribution in [-0.2, 0) is 6.54 Å². The monoisotopic (exact) mass is 287 g/mol. The lowest BCUT2D eigenvalue weighted by molar-refractivity contribution is -0.383. The zero-order chi connectivity index (χ0) is 15.1. The summed E-state index contributed by atoms with van der Waals surface area (Å²) < 4.78 is 0. The topological polar surface area (TPSA) is 94.8 Å². The Bertz CT molecular complexity index is 602. The van der Waals surface area contributed by atoms with Gasteiger partial charge in [0.2, 0.25) is 0 Å². The second-order valence-corrected chi connectivity index (χ2v) is 4.61. The van der Waals surface area contributed by atoms with E-state index < -0.39 is 0 Å². The molecule has 2 rings (SSSR count). The lowest BCUT2D eigenvalue weighted by Crippen LogP contribution is -2.53. The van der Waals surface area contributed by atoms with Crippen LogP contribution in [0.4, 0.5) is 17.1 Å². The van der Waals surface area contributed by atoms with E-state index in [9.17, 15) is 10.1 Å². The Morgan fingerprint density at radius 3 is 2.52 bits per heavy atom. The van der Waals surface area contributed by atoms with Crippen LogP contribution in [0, 0.1) is 10.1 Å². The zero-order valence-corrected chi connectivity index (χ0v) is 11.7. The highest BCUT2D eigenvalue weighted by Crippen LogP contribution is 2.28. The van der Waals surface area contributed by atoms with Gasteiger partial charge in [0.05, 0.1) is 18.0 Å². The summed E-state index contributed by atoms with van der Waals surface area (Å²) >= 11 is 0.